The fourth-order valence-corrected chi connectivity index (χ4v) is 3.74. The number of hydrogen-bond acceptors (Lipinski definition) is 4. The maximum absolute atomic E-state index is 13.8. The monoisotopic (exact) mass is 491 g/mol. The third-order valence-corrected chi connectivity index (χ3v) is 5.26. The fraction of sp³-hybridized carbons (Fsp3) is 0.235. The number of halogens is 4. The molecule has 1 aromatic heterocycles. The first-order chi connectivity index (χ1) is 12.6. The third-order valence-electron chi connectivity index (χ3n) is 4.28. The highest BCUT2D eigenvalue weighted by Gasteiger charge is 2.66. The molecule has 3 N–H and O–H groups in total. The lowest BCUT2D eigenvalue weighted by Crippen LogP contribution is -2.72. The number of carbonyl (C=O) groups excluding carboxylic acids is 2. The summed E-state index contributed by atoms with van der Waals surface area (Å²) in [4.78, 5) is 28.6. The lowest BCUT2D eigenvalue weighted by Gasteiger charge is -2.45. The SMILES string of the molecule is O=C1N[C@@H](c2ccccc2I)[C@H](C(=O)c2cccnc2)[C@@](O)(C(F)(F)F)N1. The summed E-state index contributed by atoms with van der Waals surface area (Å²) in [6.07, 6.45) is -2.81. The van der Waals surface area contributed by atoms with Crippen LogP contribution in [0.25, 0.3) is 0 Å². The summed E-state index contributed by atoms with van der Waals surface area (Å²) in [5.74, 6) is -3.06. The maximum Gasteiger partial charge on any atom is 0.437 e. The Morgan fingerprint density at radius 1 is 1.22 bits per heavy atom. The van der Waals surface area contributed by atoms with E-state index in [1.807, 2.05) is 22.6 Å². The first-order valence-electron chi connectivity index (χ1n) is 7.71. The maximum atomic E-state index is 13.8. The highest BCUT2D eigenvalue weighted by Crippen LogP contribution is 2.44. The lowest BCUT2D eigenvalue weighted by atomic mass is 9.77. The molecule has 0 radical (unpaired) electrons. The molecule has 3 atom stereocenters. The zero-order valence-corrected chi connectivity index (χ0v) is 15.7. The third kappa shape index (κ3) is 3.50. The van der Waals surface area contributed by atoms with Crippen LogP contribution in [0.4, 0.5) is 18.0 Å². The number of ketones is 1. The number of aromatic nitrogens is 1. The van der Waals surface area contributed by atoms with Gasteiger partial charge < -0.3 is 15.7 Å². The number of pyridine rings is 1. The highest BCUT2D eigenvalue weighted by molar-refractivity contribution is 14.1. The number of hydrogen-bond donors (Lipinski definition) is 3. The topological polar surface area (TPSA) is 91.3 Å². The van der Waals surface area contributed by atoms with Crippen LogP contribution in [0.1, 0.15) is 22.0 Å². The number of carbonyl (C=O) groups is 2. The summed E-state index contributed by atoms with van der Waals surface area (Å²) in [6, 6.07) is 6.44. The molecule has 10 heteroatoms. The van der Waals surface area contributed by atoms with Gasteiger partial charge in [-0.2, -0.15) is 13.2 Å². The van der Waals surface area contributed by atoms with Crippen molar-refractivity contribution in [1.29, 1.82) is 0 Å². The smallest absolute Gasteiger partial charge is 0.363 e. The molecule has 1 fully saturated rings. The van der Waals surface area contributed by atoms with Crippen molar-refractivity contribution in [1.82, 2.24) is 15.6 Å². The van der Waals surface area contributed by atoms with Crippen LogP contribution in [-0.4, -0.2) is 33.8 Å². The summed E-state index contributed by atoms with van der Waals surface area (Å²) in [6.45, 7) is 0. The Hall–Kier alpha value is -2.21. The standard InChI is InChI=1S/C17H13F3IN3O3/c18-17(19,20)16(27)12(14(25)9-4-3-7-22-8-9)13(23-15(26)24-16)10-5-1-2-6-11(10)21/h1-8,12-13,27H,(H2,23,24,26)/t12-,13+,16-/m1/s1. The Labute approximate surface area is 165 Å². The molecular formula is C17H13F3IN3O3. The fourth-order valence-electron chi connectivity index (χ4n) is 3.01. The quantitative estimate of drug-likeness (QED) is 0.455. The summed E-state index contributed by atoms with van der Waals surface area (Å²) < 4.78 is 41.8. The van der Waals surface area contributed by atoms with Crippen molar-refractivity contribution >= 4 is 34.4 Å². The molecule has 2 aromatic rings. The van der Waals surface area contributed by atoms with Gasteiger partial charge in [0.15, 0.2) is 5.78 Å². The molecular weight excluding hydrogens is 478 g/mol. The molecule has 27 heavy (non-hydrogen) atoms. The molecule has 1 aliphatic heterocycles. The molecule has 2 heterocycles. The molecule has 0 saturated carbocycles. The molecule has 0 spiro atoms. The van der Waals surface area contributed by atoms with E-state index in [2.05, 4.69) is 10.3 Å². The molecule has 1 aromatic carbocycles. The summed E-state index contributed by atoms with van der Waals surface area (Å²) >= 11 is 1.89. The number of Topliss-reactive ketones (excluding diaryl/α,β-unsaturated/α-hetero) is 1. The number of rotatable bonds is 3. The summed E-state index contributed by atoms with van der Waals surface area (Å²) in [5.41, 5.74) is -3.57. The molecule has 0 unspecified atom stereocenters. The normalized spacial score (nSPS) is 25.4. The molecule has 3 rings (SSSR count). The van der Waals surface area contributed by atoms with Crippen molar-refractivity contribution in [2.45, 2.75) is 17.9 Å². The van der Waals surface area contributed by atoms with E-state index in [-0.39, 0.29) is 11.1 Å². The second kappa shape index (κ2) is 7.08. The Bertz CT molecular complexity index is 878. The van der Waals surface area contributed by atoms with Gasteiger partial charge in [0.05, 0.1) is 6.04 Å². The first-order valence-corrected chi connectivity index (χ1v) is 8.79. The molecule has 1 aliphatic rings. The zero-order chi connectivity index (χ0) is 19.8. The van der Waals surface area contributed by atoms with Crippen LogP contribution in [0.5, 0.6) is 0 Å². The van der Waals surface area contributed by atoms with E-state index in [9.17, 15) is 27.9 Å². The van der Waals surface area contributed by atoms with Crippen molar-refractivity contribution in [2.24, 2.45) is 5.92 Å². The Morgan fingerprint density at radius 3 is 2.52 bits per heavy atom. The minimum absolute atomic E-state index is 0.112. The number of aliphatic hydroxyl groups is 1. The van der Waals surface area contributed by atoms with Crippen molar-refractivity contribution < 1.29 is 27.9 Å². The van der Waals surface area contributed by atoms with Gasteiger partial charge in [0, 0.05) is 21.5 Å². The van der Waals surface area contributed by atoms with E-state index in [4.69, 9.17) is 0 Å². The number of urea groups is 1. The van der Waals surface area contributed by atoms with Crippen molar-refractivity contribution in [3.63, 3.8) is 0 Å². The molecule has 142 valence electrons. The van der Waals surface area contributed by atoms with Gasteiger partial charge in [-0.25, -0.2) is 4.79 Å². The van der Waals surface area contributed by atoms with E-state index >= 15 is 0 Å². The number of alkyl halides is 3. The van der Waals surface area contributed by atoms with Crippen LogP contribution in [0, 0.1) is 9.49 Å². The van der Waals surface area contributed by atoms with Gasteiger partial charge in [0.1, 0.15) is 5.92 Å². The van der Waals surface area contributed by atoms with Crippen LogP contribution in [0.15, 0.2) is 48.8 Å². The average molecular weight is 491 g/mol. The van der Waals surface area contributed by atoms with Gasteiger partial charge in [-0.05, 0) is 46.4 Å². The average Bonchev–Trinajstić information content (AvgIpc) is 2.61. The van der Waals surface area contributed by atoms with Crippen LogP contribution >= 0.6 is 22.6 Å². The Morgan fingerprint density at radius 2 is 1.93 bits per heavy atom. The van der Waals surface area contributed by atoms with E-state index in [1.54, 1.807) is 18.2 Å². The number of amides is 2. The van der Waals surface area contributed by atoms with E-state index in [0.29, 0.717) is 3.57 Å². The molecule has 0 bridgehead atoms. The number of nitrogens with zero attached hydrogens (tertiary/aromatic N) is 1. The predicted octanol–water partition coefficient (Wildman–Crippen LogP) is 2.79. The summed E-state index contributed by atoms with van der Waals surface area (Å²) in [7, 11) is 0. The summed E-state index contributed by atoms with van der Waals surface area (Å²) in [5, 5.41) is 14.3. The highest BCUT2D eigenvalue weighted by atomic mass is 127. The van der Waals surface area contributed by atoms with Crippen LogP contribution < -0.4 is 10.6 Å². The van der Waals surface area contributed by atoms with Crippen LogP contribution in [-0.2, 0) is 0 Å². The van der Waals surface area contributed by atoms with Crippen LogP contribution in [0.3, 0.4) is 0 Å². The van der Waals surface area contributed by atoms with Gasteiger partial charge in [-0.3, -0.25) is 9.78 Å². The second-order valence-corrected chi connectivity index (χ2v) is 7.11. The van der Waals surface area contributed by atoms with E-state index in [0.717, 1.165) is 6.20 Å². The zero-order valence-electron chi connectivity index (χ0n) is 13.5. The molecule has 6 nitrogen and oxygen atoms in total. The van der Waals surface area contributed by atoms with Crippen molar-refractivity contribution in [3.8, 4) is 0 Å². The van der Waals surface area contributed by atoms with Gasteiger partial charge >= 0.3 is 12.2 Å². The van der Waals surface area contributed by atoms with E-state index in [1.165, 1.54) is 29.7 Å². The second-order valence-electron chi connectivity index (χ2n) is 5.95. The van der Waals surface area contributed by atoms with Crippen LogP contribution in [0.2, 0.25) is 0 Å². The van der Waals surface area contributed by atoms with Gasteiger partial charge in [-0.1, -0.05) is 18.2 Å². The number of benzene rings is 1. The minimum Gasteiger partial charge on any atom is -0.363 e. The van der Waals surface area contributed by atoms with Gasteiger partial charge in [0.2, 0.25) is 5.72 Å². The first kappa shape index (κ1) is 19.5. The largest absolute Gasteiger partial charge is 0.437 e. The molecule has 0 aliphatic carbocycles. The van der Waals surface area contributed by atoms with Gasteiger partial charge in [-0.15, -0.1) is 0 Å². The van der Waals surface area contributed by atoms with Crippen molar-refractivity contribution in [3.05, 3.63) is 63.5 Å². The number of nitrogens with one attached hydrogen (secondary N) is 2. The van der Waals surface area contributed by atoms with E-state index < -0.39 is 35.7 Å². The van der Waals surface area contributed by atoms with Crippen molar-refractivity contribution in [2.75, 3.05) is 0 Å². The predicted molar refractivity (Wildman–Crippen MR) is 96.6 cm³/mol. The van der Waals surface area contributed by atoms with Gasteiger partial charge in [0.25, 0.3) is 0 Å². The lowest BCUT2D eigenvalue weighted by molar-refractivity contribution is -0.287. The molecule has 1 saturated heterocycles. The Kier molecular flexibility index (Phi) is 5.12. The Balaban J connectivity index is 2.19. The molecule has 2 amide bonds. The minimum atomic E-state index is -5.29.